The molecule has 1 heterocycles. The monoisotopic (exact) mass is 526 g/mol. The summed E-state index contributed by atoms with van der Waals surface area (Å²) in [5.74, 6) is -2.56. The van der Waals surface area contributed by atoms with Crippen LogP contribution in [0.2, 0.25) is 0 Å². The number of nitrogens with two attached hydrogens (primary N) is 1. The maximum Gasteiger partial charge on any atom is 0.421 e. The minimum Gasteiger partial charge on any atom is -0.480 e. The van der Waals surface area contributed by atoms with Crippen LogP contribution in [0.4, 0.5) is 13.2 Å². The van der Waals surface area contributed by atoms with E-state index in [0.717, 1.165) is 12.1 Å². The Kier molecular flexibility index (Phi) is 7.67. The van der Waals surface area contributed by atoms with Gasteiger partial charge in [-0.25, -0.2) is 13.2 Å². The van der Waals surface area contributed by atoms with E-state index < -0.39 is 63.6 Å². The molecule has 0 aliphatic carbocycles. The fourth-order valence-corrected chi connectivity index (χ4v) is 4.30. The Hall–Kier alpha value is -3.55. The highest BCUT2D eigenvalue weighted by atomic mass is 32.2. The zero-order valence-electron chi connectivity index (χ0n) is 18.5. The molecular formula is C23H21F3N2O7S. The number of alkyl halides is 3. The van der Waals surface area contributed by atoms with Crippen LogP contribution in [-0.2, 0) is 20.4 Å². The minimum absolute atomic E-state index is 0.283. The first kappa shape index (κ1) is 27.0. The van der Waals surface area contributed by atoms with Gasteiger partial charge in [-0.05, 0) is 28.8 Å². The quantitative estimate of drug-likeness (QED) is 0.283. The van der Waals surface area contributed by atoms with Crippen molar-refractivity contribution in [2.45, 2.75) is 30.7 Å². The van der Waals surface area contributed by atoms with Crippen molar-refractivity contribution in [1.82, 2.24) is 0 Å². The van der Waals surface area contributed by atoms with Gasteiger partial charge < -0.3 is 20.4 Å². The summed E-state index contributed by atoms with van der Waals surface area (Å²) in [5.41, 5.74) is 1.86. The second kappa shape index (κ2) is 10.2. The molecule has 0 saturated heterocycles. The van der Waals surface area contributed by atoms with Crippen LogP contribution >= 0.6 is 0 Å². The van der Waals surface area contributed by atoms with Crippen molar-refractivity contribution in [2.75, 3.05) is 5.75 Å². The molecule has 4 N–H and O–H groups in total. The van der Waals surface area contributed by atoms with E-state index in [1.165, 1.54) is 18.2 Å². The van der Waals surface area contributed by atoms with Crippen LogP contribution in [0.3, 0.4) is 0 Å². The number of rotatable bonds is 9. The number of carboxylic acids is 1. The molecule has 36 heavy (non-hydrogen) atoms. The molecule has 0 saturated carbocycles. The summed E-state index contributed by atoms with van der Waals surface area (Å²) in [6.07, 6.45) is -6.22. The van der Waals surface area contributed by atoms with E-state index in [-0.39, 0.29) is 5.58 Å². The number of halogens is 3. The van der Waals surface area contributed by atoms with Gasteiger partial charge in [0.1, 0.15) is 11.6 Å². The fraction of sp³-hybridized carbons (Fsp3) is 0.261. The van der Waals surface area contributed by atoms with Crippen LogP contribution < -0.4 is 11.4 Å². The molecule has 2 aromatic carbocycles. The molecule has 1 aromatic heterocycles. The molecule has 192 valence electrons. The van der Waals surface area contributed by atoms with Crippen molar-refractivity contribution in [2.24, 2.45) is 10.1 Å². The zero-order valence-corrected chi connectivity index (χ0v) is 19.3. The maximum atomic E-state index is 13.8. The highest BCUT2D eigenvalue weighted by Crippen LogP contribution is 2.42. The molecule has 9 nitrogen and oxygen atoms in total. The number of benzene rings is 2. The predicted molar refractivity (Wildman–Crippen MR) is 125 cm³/mol. The molecule has 3 aromatic rings. The third-order valence-corrected chi connectivity index (χ3v) is 6.61. The molecule has 2 atom stereocenters. The topological polar surface area (TPSA) is 160 Å². The first-order chi connectivity index (χ1) is 16.7. The molecule has 0 amide bonds. The number of sulfonamides is 1. The Morgan fingerprint density at radius 1 is 1.08 bits per heavy atom. The van der Waals surface area contributed by atoms with Gasteiger partial charge >= 0.3 is 17.8 Å². The predicted octanol–water partition coefficient (Wildman–Crippen LogP) is 2.80. The molecule has 0 aliphatic rings. The Bertz CT molecular complexity index is 1450. The number of hydrogen-bond donors (Lipinski definition) is 3. The van der Waals surface area contributed by atoms with Crippen molar-refractivity contribution in [3.05, 3.63) is 70.6 Å². The Labute approximate surface area is 202 Å². The van der Waals surface area contributed by atoms with Gasteiger partial charge in [-0.3, -0.25) is 4.79 Å². The molecule has 0 fully saturated rings. The number of hydrogen-bond acceptors (Lipinski definition) is 7. The van der Waals surface area contributed by atoms with Gasteiger partial charge in [-0.1, -0.05) is 36.4 Å². The lowest BCUT2D eigenvalue weighted by molar-refractivity contribution is -0.267. The van der Waals surface area contributed by atoms with Crippen LogP contribution in [0.1, 0.15) is 18.4 Å². The summed E-state index contributed by atoms with van der Waals surface area (Å²) < 4.78 is 73.9. The second-order valence-electron chi connectivity index (χ2n) is 7.95. The van der Waals surface area contributed by atoms with E-state index in [9.17, 15) is 36.3 Å². The second-order valence-corrected chi connectivity index (χ2v) is 9.73. The Balaban J connectivity index is 1.83. The van der Waals surface area contributed by atoms with Gasteiger partial charge in [0.05, 0.1) is 5.75 Å². The molecule has 0 radical (unpaired) electrons. The van der Waals surface area contributed by atoms with Crippen molar-refractivity contribution >= 4 is 33.2 Å². The lowest BCUT2D eigenvalue weighted by Gasteiger charge is -2.31. The summed E-state index contributed by atoms with van der Waals surface area (Å²) in [4.78, 5) is 22.1. The number of carboxylic acid groups (broad SMARTS) is 1. The number of fused-ring (bicyclic) bond motifs is 1. The molecule has 1 unspecified atom stereocenters. The van der Waals surface area contributed by atoms with Crippen LogP contribution in [0, 0.1) is 0 Å². The van der Waals surface area contributed by atoms with Crippen molar-refractivity contribution in [1.29, 1.82) is 0 Å². The van der Waals surface area contributed by atoms with Crippen molar-refractivity contribution < 1.29 is 41.0 Å². The highest BCUT2D eigenvalue weighted by molar-refractivity contribution is 7.90. The average Bonchev–Trinajstić information content (AvgIpc) is 2.81. The normalized spacial score (nSPS) is 15.1. The molecule has 3 rings (SSSR count). The zero-order chi connectivity index (χ0) is 26.7. The lowest BCUT2D eigenvalue weighted by Crippen LogP contribution is -2.43. The Morgan fingerprint density at radius 2 is 1.69 bits per heavy atom. The summed E-state index contributed by atoms with van der Waals surface area (Å²) >= 11 is 0. The van der Waals surface area contributed by atoms with Crippen LogP contribution in [0.5, 0.6) is 0 Å². The largest absolute Gasteiger partial charge is 0.480 e. The van der Waals surface area contributed by atoms with Crippen LogP contribution in [0.15, 0.2) is 68.2 Å². The molecule has 13 heteroatoms. The van der Waals surface area contributed by atoms with Crippen molar-refractivity contribution in [3.8, 4) is 11.1 Å². The molecule has 0 bridgehead atoms. The van der Waals surface area contributed by atoms with Crippen LogP contribution in [-0.4, -0.2) is 48.8 Å². The molecule has 0 spiro atoms. The molecular weight excluding hydrogens is 505 g/mol. The number of carbonyl (C=O) groups is 1. The summed E-state index contributed by atoms with van der Waals surface area (Å²) in [6, 6.07) is 11.0. The first-order valence-electron chi connectivity index (χ1n) is 10.4. The standard InChI is InChI=1S/C23H21F3N2O7S/c24-23(25,26)22(32,10-12-36(33,34)28-11-9-18(27)21(30)31)17-6-3-14(4-7-17)16-2-1-15-5-8-20(29)35-19(15)13-16/h1-8,11,13,18,32H,9-10,12,27H2,(H,30,31)/t18-,22?/m0/s1. The van der Waals surface area contributed by atoms with Gasteiger partial charge in [0.2, 0.25) is 0 Å². The van der Waals surface area contributed by atoms with E-state index >= 15 is 0 Å². The van der Waals surface area contributed by atoms with Gasteiger partial charge in [0.15, 0.2) is 5.60 Å². The number of nitrogens with zero attached hydrogens (tertiary/aromatic N) is 1. The smallest absolute Gasteiger partial charge is 0.421 e. The van der Waals surface area contributed by atoms with E-state index in [1.807, 2.05) is 0 Å². The fourth-order valence-electron chi connectivity index (χ4n) is 3.33. The van der Waals surface area contributed by atoms with Gasteiger partial charge in [-0.15, -0.1) is 0 Å². The van der Waals surface area contributed by atoms with E-state index in [1.54, 1.807) is 24.3 Å². The molecule has 0 aliphatic heterocycles. The maximum absolute atomic E-state index is 13.8. The minimum atomic E-state index is -5.22. The average molecular weight is 526 g/mol. The summed E-state index contributed by atoms with van der Waals surface area (Å²) in [6.45, 7) is 0. The van der Waals surface area contributed by atoms with Gasteiger partial charge in [0.25, 0.3) is 10.0 Å². The van der Waals surface area contributed by atoms with Crippen LogP contribution in [0.25, 0.3) is 22.1 Å². The van der Waals surface area contributed by atoms with Gasteiger partial charge in [-0.2, -0.15) is 17.6 Å². The third-order valence-electron chi connectivity index (χ3n) is 5.42. The van der Waals surface area contributed by atoms with Crippen molar-refractivity contribution in [3.63, 3.8) is 0 Å². The summed E-state index contributed by atoms with van der Waals surface area (Å²) in [7, 11) is -4.45. The van der Waals surface area contributed by atoms with E-state index in [0.29, 0.717) is 22.7 Å². The third kappa shape index (κ3) is 6.17. The highest BCUT2D eigenvalue weighted by Gasteiger charge is 2.55. The van der Waals surface area contributed by atoms with Gasteiger partial charge in [0, 0.05) is 30.5 Å². The SMILES string of the molecule is N[C@@H](CC=NS(=O)(=O)CCC(O)(c1ccc(-c2ccc3ccc(=O)oc3c2)cc1)C(F)(F)F)C(=O)O. The Morgan fingerprint density at radius 3 is 2.31 bits per heavy atom. The summed E-state index contributed by atoms with van der Waals surface area (Å²) in [5, 5.41) is 19.8. The lowest BCUT2D eigenvalue weighted by atomic mass is 9.89. The first-order valence-corrected chi connectivity index (χ1v) is 12.0. The number of aliphatic hydroxyl groups is 1. The van der Waals surface area contributed by atoms with E-state index in [4.69, 9.17) is 15.3 Å². The van der Waals surface area contributed by atoms with E-state index in [2.05, 4.69) is 4.40 Å². The number of aliphatic carboxylic acids is 1.